The molecule has 0 unspecified atom stereocenters. The van der Waals surface area contributed by atoms with Crippen LogP contribution in [0.5, 0.6) is 11.5 Å². The Balaban J connectivity index is 2.35. The lowest BCUT2D eigenvalue weighted by Crippen LogP contribution is -2.00. The summed E-state index contributed by atoms with van der Waals surface area (Å²) in [6.07, 6.45) is 0.460. The smallest absolute Gasteiger partial charge is 0.166 e. The van der Waals surface area contributed by atoms with Gasteiger partial charge in [-0.05, 0) is 46.3 Å². The van der Waals surface area contributed by atoms with E-state index in [-0.39, 0.29) is 5.78 Å². The summed E-state index contributed by atoms with van der Waals surface area (Å²) in [5.74, 6) is 1.33. The summed E-state index contributed by atoms with van der Waals surface area (Å²) in [6.45, 7) is 1.84. The number of rotatable bonds is 4. The molecule has 2 aromatic rings. The van der Waals surface area contributed by atoms with Crippen LogP contribution in [-0.2, 0) is 0 Å². The predicted octanol–water partition coefficient (Wildman–Crippen LogP) is 5.60. The SMILES string of the molecule is CCC(=O)c1ccccc1Oc1ccc(Br)cc1Br. The number of hydrogen-bond acceptors (Lipinski definition) is 2. The lowest BCUT2D eigenvalue weighted by molar-refractivity contribution is 0.0986. The minimum Gasteiger partial charge on any atom is -0.455 e. The molecule has 0 atom stereocenters. The second-order valence-electron chi connectivity index (χ2n) is 3.95. The molecule has 2 aromatic carbocycles. The molecule has 0 N–H and O–H groups in total. The molecule has 0 fully saturated rings. The van der Waals surface area contributed by atoms with Crippen molar-refractivity contribution in [1.82, 2.24) is 0 Å². The Morgan fingerprint density at radius 2 is 1.84 bits per heavy atom. The summed E-state index contributed by atoms with van der Waals surface area (Å²) >= 11 is 6.83. The average Bonchev–Trinajstić information content (AvgIpc) is 2.41. The number of carbonyl (C=O) groups excluding carboxylic acids is 1. The van der Waals surface area contributed by atoms with Gasteiger partial charge in [-0.2, -0.15) is 0 Å². The second kappa shape index (κ2) is 6.35. The van der Waals surface area contributed by atoms with Crippen LogP contribution < -0.4 is 4.74 Å². The van der Waals surface area contributed by atoms with E-state index in [9.17, 15) is 4.79 Å². The van der Waals surface area contributed by atoms with Crippen LogP contribution in [0.1, 0.15) is 23.7 Å². The zero-order chi connectivity index (χ0) is 13.8. The molecule has 2 rings (SSSR count). The van der Waals surface area contributed by atoms with Crippen LogP contribution >= 0.6 is 31.9 Å². The summed E-state index contributed by atoms with van der Waals surface area (Å²) < 4.78 is 7.63. The molecule has 0 radical (unpaired) electrons. The first-order chi connectivity index (χ1) is 9.11. The second-order valence-corrected chi connectivity index (χ2v) is 5.72. The van der Waals surface area contributed by atoms with Crippen molar-refractivity contribution in [2.24, 2.45) is 0 Å². The van der Waals surface area contributed by atoms with E-state index < -0.39 is 0 Å². The Labute approximate surface area is 129 Å². The number of carbonyl (C=O) groups is 1. The van der Waals surface area contributed by atoms with E-state index in [1.54, 1.807) is 12.1 Å². The van der Waals surface area contributed by atoms with Crippen molar-refractivity contribution in [2.75, 3.05) is 0 Å². The molecule has 0 spiro atoms. The third-order valence-corrected chi connectivity index (χ3v) is 3.74. The third kappa shape index (κ3) is 3.45. The highest BCUT2D eigenvalue weighted by molar-refractivity contribution is 9.11. The molecular weight excluding hydrogens is 372 g/mol. The van der Waals surface area contributed by atoms with E-state index in [1.165, 1.54) is 0 Å². The van der Waals surface area contributed by atoms with Gasteiger partial charge in [-0.15, -0.1) is 0 Å². The Hall–Kier alpha value is -1.13. The number of Topliss-reactive ketones (excluding diaryl/α,β-unsaturated/α-hetero) is 1. The van der Waals surface area contributed by atoms with E-state index in [2.05, 4.69) is 31.9 Å². The van der Waals surface area contributed by atoms with Gasteiger partial charge in [0, 0.05) is 10.9 Å². The number of halogens is 2. The molecule has 0 amide bonds. The Morgan fingerprint density at radius 3 is 2.53 bits per heavy atom. The number of benzene rings is 2. The molecule has 0 aliphatic carbocycles. The van der Waals surface area contributed by atoms with Crippen molar-refractivity contribution in [3.63, 3.8) is 0 Å². The standard InChI is InChI=1S/C15H12Br2O2/c1-2-13(18)11-5-3-4-6-14(11)19-15-8-7-10(16)9-12(15)17/h3-9H,2H2,1H3. The fourth-order valence-corrected chi connectivity index (χ4v) is 2.78. The summed E-state index contributed by atoms with van der Waals surface area (Å²) in [7, 11) is 0. The molecule has 4 heteroatoms. The fourth-order valence-electron chi connectivity index (χ4n) is 1.65. The Morgan fingerprint density at radius 1 is 1.11 bits per heavy atom. The zero-order valence-electron chi connectivity index (χ0n) is 10.3. The van der Waals surface area contributed by atoms with Crippen LogP contribution in [0, 0.1) is 0 Å². The van der Waals surface area contributed by atoms with Gasteiger partial charge in [-0.1, -0.05) is 35.0 Å². The lowest BCUT2D eigenvalue weighted by atomic mass is 10.1. The van der Waals surface area contributed by atoms with Gasteiger partial charge in [0.1, 0.15) is 11.5 Å². The first kappa shape index (κ1) is 14.3. The summed E-state index contributed by atoms with van der Waals surface area (Å²) in [5.41, 5.74) is 0.611. The maximum atomic E-state index is 11.9. The van der Waals surface area contributed by atoms with Crippen LogP contribution in [0.3, 0.4) is 0 Å². The highest BCUT2D eigenvalue weighted by Crippen LogP contribution is 2.33. The number of ether oxygens (including phenoxy) is 1. The zero-order valence-corrected chi connectivity index (χ0v) is 13.5. The van der Waals surface area contributed by atoms with Crippen LogP contribution in [0.2, 0.25) is 0 Å². The molecule has 19 heavy (non-hydrogen) atoms. The van der Waals surface area contributed by atoms with E-state index in [0.29, 0.717) is 23.5 Å². The number of ketones is 1. The minimum absolute atomic E-state index is 0.0730. The van der Waals surface area contributed by atoms with E-state index >= 15 is 0 Å². The number of hydrogen-bond donors (Lipinski definition) is 0. The third-order valence-electron chi connectivity index (χ3n) is 2.62. The van der Waals surface area contributed by atoms with Crippen LogP contribution in [0.15, 0.2) is 51.4 Å². The highest BCUT2D eigenvalue weighted by Gasteiger charge is 2.12. The molecule has 0 aliphatic rings. The predicted molar refractivity (Wildman–Crippen MR) is 83.0 cm³/mol. The van der Waals surface area contributed by atoms with Gasteiger partial charge in [-0.3, -0.25) is 4.79 Å². The molecule has 0 heterocycles. The summed E-state index contributed by atoms with van der Waals surface area (Å²) in [4.78, 5) is 11.9. The van der Waals surface area contributed by atoms with Crippen molar-refractivity contribution < 1.29 is 9.53 Å². The molecular formula is C15H12Br2O2. The molecule has 0 aromatic heterocycles. The van der Waals surface area contributed by atoms with Crippen LogP contribution in [-0.4, -0.2) is 5.78 Å². The minimum atomic E-state index is 0.0730. The maximum absolute atomic E-state index is 11.9. The van der Waals surface area contributed by atoms with Crippen molar-refractivity contribution >= 4 is 37.6 Å². The topological polar surface area (TPSA) is 26.3 Å². The molecule has 0 bridgehead atoms. The van der Waals surface area contributed by atoms with Gasteiger partial charge in [0.25, 0.3) is 0 Å². The molecule has 0 saturated carbocycles. The largest absolute Gasteiger partial charge is 0.455 e. The van der Waals surface area contributed by atoms with E-state index in [0.717, 1.165) is 8.95 Å². The molecule has 2 nitrogen and oxygen atoms in total. The summed E-state index contributed by atoms with van der Waals surface area (Å²) in [5, 5.41) is 0. The van der Waals surface area contributed by atoms with Crippen LogP contribution in [0.4, 0.5) is 0 Å². The van der Waals surface area contributed by atoms with Gasteiger partial charge in [0.05, 0.1) is 10.0 Å². The Bertz CT molecular complexity index is 609. The van der Waals surface area contributed by atoms with Crippen molar-refractivity contribution in [2.45, 2.75) is 13.3 Å². The average molecular weight is 384 g/mol. The van der Waals surface area contributed by atoms with E-state index in [1.807, 2.05) is 37.3 Å². The first-order valence-electron chi connectivity index (χ1n) is 5.87. The fraction of sp³-hybridized carbons (Fsp3) is 0.133. The van der Waals surface area contributed by atoms with Crippen molar-refractivity contribution in [3.8, 4) is 11.5 Å². The molecule has 98 valence electrons. The van der Waals surface area contributed by atoms with Crippen LogP contribution in [0.25, 0.3) is 0 Å². The Kier molecular flexibility index (Phi) is 4.77. The summed E-state index contributed by atoms with van der Waals surface area (Å²) in [6, 6.07) is 12.9. The van der Waals surface area contributed by atoms with Gasteiger partial charge >= 0.3 is 0 Å². The normalized spacial score (nSPS) is 10.3. The van der Waals surface area contributed by atoms with Gasteiger partial charge in [0.2, 0.25) is 0 Å². The monoisotopic (exact) mass is 382 g/mol. The molecule has 0 saturated heterocycles. The molecule has 0 aliphatic heterocycles. The first-order valence-corrected chi connectivity index (χ1v) is 7.45. The maximum Gasteiger partial charge on any atom is 0.166 e. The number of para-hydroxylation sites is 1. The van der Waals surface area contributed by atoms with Crippen molar-refractivity contribution in [1.29, 1.82) is 0 Å². The van der Waals surface area contributed by atoms with Gasteiger partial charge in [-0.25, -0.2) is 0 Å². The quantitative estimate of drug-likeness (QED) is 0.642. The van der Waals surface area contributed by atoms with E-state index in [4.69, 9.17) is 4.74 Å². The lowest BCUT2D eigenvalue weighted by Gasteiger charge is -2.11. The van der Waals surface area contributed by atoms with Crippen molar-refractivity contribution in [3.05, 3.63) is 57.0 Å². The van der Waals surface area contributed by atoms with Gasteiger partial charge in [0.15, 0.2) is 5.78 Å². The van der Waals surface area contributed by atoms with Gasteiger partial charge < -0.3 is 4.74 Å². The highest BCUT2D eigenvalue weighted by atomic mass is 79.9.